The lowest BCUT2D eigenvalue weighted by molar-refractivity contribution is 0.150. The van der Waals surface area contributed by atoms with Crippen LogP contribution in [0.2, 0.25) is 0 Å². The zero-order valence-electron chi connectivity index (χ0n) is 11.5. The van der Waals surface area contributed by atoms with Crippen molar-refractivity contribution < 1.29 is 4.79 Å². The van der Waals surface area contributed by atoms with Crippen LogP contribution in [0.4, 0.5) is 4.79 Å². The van der Waals surface area contributed by atoms with E-state index in [2.05, 4.69) is 24.2 Å². The van der Waals surface area contributed by atoms with Crippen molar-refractivity contribution in [2.45, 2.75) is 39.2 Å². The number of allylic oxidation sites excluding steroid dienone is 1. The predicted molar refractivity (Wildman–Crippen MR) is 70.9 cm³/mol. The Balaban J connectivity index is 2.41. The smallest absolute Gasteiger partial charge is 0.321 e. The molecule has 0 aromatic heterocycles. The van der Waals surface area contributed by atoms with Gasteiger partial charge in [0.25, 0.3) is 0 Å². The molecule has 1 saturated heterocycles. The zero-order valence-corrected chi connectivity index (χ0v) is 11.5. The topological polar surface area (TPSA) is 35.6 Å². The maximum atomic E-state index is 11.9. The molecule has 0 aromatic rings. The fourth-order valence-electron chi connectivity index (χ4n) is 1.94. The molecule has 17 heavy (non-hydrogen) atoms. The number of amides is 2. The van der Waals surface area contributed by atoms with Crippen LogP contribution in [-0.2, 0) is 0 Å². The second-order valence-electron chi connectivity index (χ2n) is 4.94. The molecule has 0 atom stereocenters. The number of carbonyl (C=O) groups excluding carboxylic acids is 1. The van der Waals surface area contributed by atoms with E-state index in [0.717, 1.165) is 32.4 Å². The predicted octanol–water partition coefficient (Wildman–Crippen LogP) is 2.04. The highest BCUT2D eigenvalue weighted by Gasteiger charge is 2.23. The molecule has 98 valence electrons. The molecule has 0 bridgehead atoms. The summed E-state index contributed by atoms with van der Waals surface area (Å²) in [5, 5.41) is 2.85. The second kappa shape index (κ2) is 6.64. The Morgan fingerprint density at radius 1 is 1.47 bits per heavy atom. The lowest BCUT2D eigenvalue weighted by Crippen LogP contribution is -2.47. The molecule has 0 aliphatic carbocycles. The molecule has 1 heterocycles. The quantitative estimate of drug-likeness (QED) is 0.818. The standard InChI is InChI=1S/C13H25N3O/c1-5-11(2)10-14-13(17)16(4)12-6-8-15(3)9-7-12/h10,12H,5-9H2,1-4H3,(H,14,17)/b11-10+. The van der Waals surface area contributed by atoms with Crippen molar-refractivity contribution in [3.63, 3.8) is 0 Å². The highest BCUT2D eigenvalue weighted by Crippen LogP contribution is 2.14. The normalized spacial score (nSPS) is 19.2. The molecule has 0 spiro atoms. The van der Waals surface area contributed by atoms with Crippen molar-refractivity contribution in [3.8, 4) is 0 Å². The first-order valence-corrected chi connectivity index (χ1v) is 6.42. The third-order valence-electron chi connectivity index (χ3n) is 3.56. The Morgan fingerprint density at radius 2 is 2.06 bits per heavy atom. The number of carbonyl (C=O) groups is 1. The van der Waals surface area contributed by atoms with Crippen LogP contribution in [-0.4, -0.2) is 49.1 Å². The van der Waals surface area contributed by atoms with E-state index < -0.39 is 0 Å². The zero-order chi connectivity index (χ0) is 12.8. The van der Waals surface area contributed by atoms with Crippen molar-refractivity contribution in [1.82, 2.24) is 15.1 Å². The molecular weight excluding hydrogens is 214 g/mol. The maximum absolute atomic E-state index is 11.9. The summed E-state index contributed by atoms with van der Waals surface area (Å²) >= 11 is 0. The minimum atomic E-state index is 0.00681. The number of nitrogens with one attached hydrogen (secondary N) is 1. The van der Waals surface area contributed by atoms with Gasteiger partial charge in [0.1, 0.15) is 0 Å². The van der Waals surface area contributed by atoms with Gasteiger partial charge in [-0.3, -0.25) is 0 Å². The SMILES string of the molecule is CC/C(C)=C/NC(=O)N(C)C1CCN(C)CC1. The van der Waals surface area contributed by atoms with E-state index in [4.69, 9.17) is 0 Å². The molecule has 1 aliphatic rings. The van der Waals surface area contributed by atoms with Gasteiger partial charge < -0.3 is 15.1 Å². The van der Waals surface area contributed by atoms with E-state index >= 15 is 0 Å². The third-order valence-corrected chi connectivity index (χ3v) is 3.56. The largest absolute Gasteiger partial charge is 0.325 e. The van der Waals surface area contributed by atoms with E-state index in [0.29, 0.717) is 6.04 Å². The molecule has 0 radical (unpaired) electrons. The number of rotatable bonds is 3. The van der Waals surface area contributed by atoms with Crippen molar-refractivity contribution in [1.29, 1.82) is 0 Å². The van der Waals surface area contributed by atoms with Gasteiger partial charge in [0.2, 0.25) is 0 Å². The fraction of sp³-hybridized carbons (Fsp3) is 0.769. The summed E-state index contributed by atoms with van der Waals surface area (Å²) in [6.07, 6.45) is 4.92. The summed E-state index contributed by atoms with van der Waals surface area (Å²) in [6, 6.07) is 0.383. The summed E-state index contributed by atoms with van der Waals surface area (Å²) in [5.74, 6) is 0. The van der Waals surface area contributed by atoms with Gasteiger partial charge in [-0.2, -0.15) is 0 Å². The van der Waals surface area contributed by atoms with Crippen LogP contribution < -0.4 is 5.32 Å². The van der Waals surface area contributed by atoms with Crippen molar-refractivity contribution in [3.05, 3.63) is 11.8 Å². The minimum absolute atomic E-state index is 0.00681. The maximum Gasteiger partial charge on any atom is 0.321 e. The van der Waals surface area contributed by atoms with Crippen LogP contribution in [0.25, 0.3) is 0 Å². The van der Waals surface area contributed by atoms with Gasteiger partial charge >= 0.3 is 6.03 Å². The Bertz CT molecular complexity index is 280. The van der Waals surface area contributed by atoms with Crippen molar-refractivity contribution in [2.75, 3.05) is 27.2 Å². The summed E-state index contributed by atoms with van der Waals surface area (Å²) < 4.78 is 0. The Hall–Kier alpha value is -1.03. The second-order valence-corrected chi connectivity index (χ2v) is 4.94. The summed E-state index contributed by atoms with van der Waals surface area (Å²) in [6.45, 7) is 6.26. The van der Waals surface area contributed by atoms with Gasteiger partial charge in [-0.15, -0.1) is 0 Å². The van der Waals surface area contributed by atoms with Crippen molar-refractivity contribution >= 4 is 6.03 Å². The van der Waals surface area contributed by atoms with Crippen LogP contribution >= 0.6 is 0 Å². The molecule has 4 nitrogen and oxygen atoms in total. The average Bonchev–Trinajstić information content (AvgIpc) is 2.35. The first kappa shape index (κ1) is 14.0. The lowest BCUT2D eigenvalue weighted by atomic mass is 10.0. The van der Waals surface area contributed by atoms with Crippen LogP contribution in [0, 0.1) is 0 Å². The summed E-state index contributed by atoms with van der Waals surface area (Å²) in [7, 11) is 4.02. The van der Waals surface area contributed by atoms with Crippen LogP contribution in [0.1, 0.15) is 33.1 Å². The average molecular weight is 239 g/mol. The van der Waals surface area contributed by atoms with Gasteiger partial charge in [0.15, 0.2) is 0 Å². The Kier molecular flexibility index (Phi) is 5.48. The molecule has 1 aliphatic heterocycles. The van der Waals surface area contributed by atoms with E-state index in [1.54, 1.807) is 0 Å². The van der Waals surface area contributed by atoms with E-state index in [1.807, 2.05) is 25.1 Å². The van der Waals surface area contributed by atoms with Gasteiger partial charge in [-0.1, -0.05) is 12.5 Å². The number of urea groups is 1. The van der Waals surface area contributed by atoms with Crippen LogP contribution in [0.3, 0.4) is 0 Å². The highest BCUT2D eigenvalue weighted by molar-refractivity contribution is 5.75. The first-order chi connectivity index (χ1) is 8.04. The van der Waals surface area contributed by atoms with E-state index in [-0.39, 0.29) is 6.03 Å². The third kappa shape index (κ3) is 4.38. The Morgan fingerprint density at radius 3 is 2.59 bits per heavy atom. The van der Waals surface area contributed by atoms with E-state index in [9.17, 15) is 4.79 Å². The van der Waals surface area contributed by atoms with Crippen LogP contribution in [0.5, 0.6) is 0 Å². The first-order valence-electron chi connectivity index (χ1n) is 6.42. The Labute approximate surface area is 105 Å². The van der Waals surface area contributed by atoms with Gasteiger partial charge in [-0.25, -0.2) is 4.79 Å². The number of piperidine rings is 1. The fourth-order valence-corrected chi connectivity index (χ4v) is 1.94. The highest BCUT2D eigenvalue weighted by atomic mass is 16.2. The monoisotopic (exact) mass is 239 g/mol. The van der Waals surface area contributed by atoms with Gasteiger partial charge in [0.05, 0.1) is 0 Å². The van der Waals surface area contributed by atoms with Crippen LogP contribution in [0.15, 0.2) is 11.8 Å². The lowest BCUT2D eigenvalue weighted by Gasteiger charge is -2.34. The van der Waals surface area contributed by atoms with Crippen molar-refractivity contribution in [2.24, 2.45) is 0 Å². The molecule has 2 amide bonds. The minimum Gasteiger partial charge on any atom is -0.325 e. The summed E-state index contributed by atoms with van der Waals surface area (Å²) in [5.41, 5.74) is 1.19. The molecule has 4 heteroatoms. The molecule has 0 saturated carbocycles. The molecular formula is C13H25N3O. The number of hydrogen-bond donors (Lipinski definition) is 1. The number of hydrogen-bond acceptors (Lipinski definition) is 2. The molecule has 1 N–H and O–H groups in total. The number of nitrogens with zero attached hydrogens (tertiary/aromatic N) is 2. The van der Waals surface area contributed by atoms with Gasteiger partial charge in [0, 0.05) is 19.3 Å². The van der Waals surface area contributed by atoms with Gasteiger partial charge in [-0.05, 0) is 46.3 Å². The summed E-state index contributed by atoms with van der Waals surface area (Å²) in [4.78, 5) is 16.0. The molecule has 0 aromatic carbocycles. The van der Waals surface area contributed by atoms with E-state index in [1.165, 1.54) is 5.57 Å². The molecule has 1 rings (SSSR count). The number of likely N-dealkylation sites (tertiary alicyclic amines) is 1. The molecule has 1 fully saturated rings. The molecule has 0 unspecified atom stereocenters.